The van der Waals surface area contributed by atoms with E-state index in [9.17, 15) is 15.0 Å². The van der Waals surface area contributed by atoms with Crippen LogP contribution in [-0.2, 0) is 6.54 Å². The average Bonchev–Trinajstić information content (AvgIpc) is 2.90. The summed E-state index contributed by atoms with van der Waals surface area (Å²) in [5.74, 6) is 0.311. The molecule has 21 heavy (non-hydrogen) atoms. The average molecular weight is 310 g/mol. The van der Waals surface area contributed by atoms with Gasteiger partial charge in [-0.15, -0.1) is 11.6 Å². The van der Waals surface area contributed by atoms with Gasteiger partial charge in [0, 0.05) is 25.2 Å². The van der Waals surface area contributed by atoms with E-state index in [4.69, 9.17) is 16.0 Å². The molecular formula is C15H16ClNO4. The number of benzene rings is 1. The van der Waals surface area contributed by atoms with E-state index >= 15 is 0 Å². The van der Waals surface area contributed by atoms with Crippen LogP contribution in [0.15, 0.2) is 34.7 Å². The summed E-state index contributed by atoms with van der Waals surface area (Å²) in [7, 11) is 1.60. The molecular weight excluding hydrogens is 294 g/mol. The highest BCUT2D eigenvalue weighted by Gasteiger charge is 2.18. The number of phenolic OH excluding ortho intramolecular Hbond substituents is 2. The van der Waals surface area contributed by atoms with E-state index < -0.39 is 0 Å². The summed E-state index contributed by atoms with van der Waals surface area (Å²) in [6.07, 6.45) is 0. The van der Waals surface area contributed by atoms with Gasteiger partial charge < -0.3 is 19.5 Å². The molecule has 1 aromatic carbocycles. The lowest BCUT2D eigenvalue weighted by atomic mass is 10.2. The number of phenols is 2. The second-order valence-corrected chi connectivity index (χ2v) is 5.45. The van der Waals surface area contributed by atoms with Crippen molar-refractivity contribution in [2.45, 2.75) is 18.8 Å². The molecule has 0 aliphatic carbocycles. The van der Waals surface area contributed by atoms with Crippen LogP contribution < -0.4 is 0 Å². The van der Waals surface area contributed by atoms with Crippen molar-refractivity contribution in [2.24, 2.45) is 0 Å². The minimum Gasteiger partial charge on any atom is -0.508 e. The third-order valence-corrected chi connectivity index (χ3v) is 3.27. The molecule has 1 amide bonds. The number of alkyl halides is 1. The van der Waals surface area contributed by atoms with Crippen LogP contribution in [0.5, 0.6) is 11.5 Å². The molecule has 0 aliphatic heterocycles. The van der Waals surface area contributed by atoms with E-state index in [1.54, 1.807) is 32.2 Å². The lowest BCUT2D eigenvalue weighted by Crippen LogP contribution is -2.25. The number of rotatable bonds is 4. The Hall–Kier alpha value is -2.14. The van der Waals surface area contributed by atoms with Gasteiger partial charge in [-0.05, 0) is 31.2 Å². The highest BCUT2D eigenvalue weighted by Crippen LogP contribution is 2.25. The molecule has 0 radical (unpaired) electrons. The maximum absolute atomic E-state index is 12.2. The van der Waals surface area contributed by atoms with Gasteiger partial charge in [-0.1, -0.05) is 0 Å². The fourth-order valence-corrected chi connectivity index (χ4v) is 2.00. The summed E-state index contributed by atoms with van der Waals surface area (Å²) in [4.78, 5) is 13.6. The molecule has 2 rings (SSSR count). The van der Waals surface area contributed by atoms with E-state index in [2.05, 4.69) is 0 Å². The number of carbonyl (C=O) groups excluding carboxylic acids is 1. The molecule has 1 aromatic heterocycles. The summed E-state index contributed by atoms with van der Waals surface area (Å²) >= 11 is 5.89. The zero-order valence-corrected chi connectivity index (χ0v) is 12.5. The molecule has 6 heteroatoms. The quantitative estimate of drug-likeness (QED) is 0.850. The van der Waals surface area contributed by atoms with E-state index in [1.807, 2.05) is 0 Å². The van der Waals surface area contributed by atoms with E-state index in [1.165, 1.54) is 17.0 Å². The Kier molecular flexibility index (Phi) is 4.43. The molecule has 2 N–H and O–H groups in total. The lowest BCUT2D eigenvalue weighted by Gasteiger charge is -2.16. The third-order valence-electron chi connectivity index (χ3n) is 3.05. The molecule has 112 valence electrons. The van der Waals surface area contributed by atoms with Gasteiger partial charge in [0.05, 0.1) is 5.38 Å². The van der Waals surface area contributed by atoms with Gasteiger partial charge in [0.15, 0.2) is 5.76 Å². The van der Waals surface area contributed by atoms with Crippen molar-refractivity contribution < 1.29 is 19.4 Å². The van der Waals surface area contributed by atoms with Gasteiger partial charge in [0.25, 0.3) is 5.91 Å². The maximum Gasteiger partial charge on any atom is 0.289 e. The Bertz CT molecular complexity index is 651. The van der Waals surface area contributed by atoms with Crippen LogP contribution in [0.1, 0.15) is 34.2 Å². The predicted molar refractivity (Wildman–Crippen MR) is 78.5 cm³/mol. The number of nitrogens with zero attached hydrogens (tertiary/aromatic N) is 1. The van der Waals surface area contributed by atoms with E-state index in [0.29, 0.717) is 11.3 Å². The number of halogens is 1. The summed E-state index contributed by atoms with van der Waals surface area (Å²) < 4.78 is 5.39. The van der Waals surface area contributed by atoms with Crippen molar-refractivity contribution in [1.29, 1.82) is 0 Å². The summed E-state index contributed by atoms with van der Waals surface area (Å²) in [6, 6.07) is 7.48. The standard InChI is InChI=1S/C15H16ClNO4/c1-9(16)13-5-6-14(21-13)15(20)17(2)8-10-3-4-11(18)7-12(10)19/h3-7,9,18-19H,8H2,1-2H3. The summed E-state index contributed by atoms with van der Waals surface area (Å²) in [5.41, 5.74) is 0.529. The van der Waals surface area contributed by atoms with Crippen molar-refractivity contribution in [3.05, 3.63) is 47.4 Å². The molecule has 0 bridgehead atoms. The maximum atomic E-state index is 12.2. The van der Waals surface area contributed by atoms with Crippen molar-refractivity contribution in [1.82, 2.24) is 4.90 Å². The van der Waals surface area contributed by atoms with Crippen molar-refractivity contribution in [3.63, 3.8) is 0 Å². The lowest BCUT2D eigenvalue weighted by molar-refractivity contribution is 0.0751. The minimum atomic E-state index is -0.314. The number of furan rings is 1. The van der Waals surface area contributed by atoms with E-state index in [0.717, 1.165) is 0 Å². The molecule has 5 nitrogen and oxygen atoms in total. The van der Waals surface area contributed by atoms with Crippen LogP contribution in [-0.4, -0.2) is 28.1 Å². The zero-order chi connectivity index (χ0) is 15.6. The van der Waals surface area contributed by atoms with Crippen LogP contribution in [0.25, 0.3) is 0 Å². The highest BCUT2D eigenvalue weighted by molar-refractivity contribution is 6.20. The van der Waals surface area contributed by atoms with Gasteiger partial charge in [0.1, 0.15) is 17.3 Å². The number of hydrogen-bond acceptors (Lipinski definition) is 4. The van der Waals surface area contributed by atoms with Crippen molar-refractivity contribution in [2.75, 3.05) is 7.05 Å². The number of hydrogen-bond donors (Lipinski definition) is 2. The molecule has 2 aromatic rings. The second-order valence-electron chi connectivity index (χ2n) is 4.79. The fourth-order valence-electron chi connectivity index (χ4n) is 1.88. The Morgan fingerprint density at radius 2 is 2.05 bits per heavy atom. The molecule has 0 fully saturated rings. The zero-order valence-electron chi connectivity index (χ0n) is 11.7. The first kappa shape index (κ1) is 15.3. The van der Waals surface area contributed by atoms with Crippen molar-refractivity contribution >= 4 is 17.5 Å². The number of amides is 1. The molecule has 0 spiro atoms. The van der Waals surface area contributed by atoms with Gasteiger partial charge >= 0.3 is 0 Å². The Labute approximate surface area is 127 Å². The normalized spacial score (nSPS) is 12.1. The van der Waals surface area contributed by atoms with Gasteiger partial charge in [-0.25, -0.2) is 0 Å². The molecule has 1 atom stereocenters. The van der Waals surface area contributed by atoms with Gasteiger partial charge in [0.2, 0.25) is 0 Å². The Morgan fingerprint density at radius 1 is 1.33 bits per heavy atom. The third kappa shape index (κ3) is 3.49. The van der Waals surface area contributed by atoms with Gasteiger partial charge in [-0.2, -0.15) is 0 Å². The van der Waals surface area contributed by atoms with Crippen LogP contribution in [0.4, 0.5) is 0 Å². The fraction of sp³-hybridized carbons (Fsp3) is 0.267. The Balaban J connectivity index is 2.11. The molecule has 1 heterocycles. The molecule has 0 saturated heterocycles. The largest absolute Gasteiger partial charge is 0.508 e. The first-order valence-corrected chi connectivity index (χ1v) is 6.82. The number of carbonyl (C=O) groups is 1. The van der Waals surface area contributed by atoms with Crippen LogP contribution in [0.2, 0.25) is 0 Å². The van der Waals surface area contributed by atoms with Crippen LogP contribution >= 0.6 is 11.6 Å². The topological polar surface area (TPSA) is 73.9 Å². The first-order valence-electron chi connectivity index (χ1n) is 6.38. The first-order chi connectivity index (χ1) is 9.88. The van der Waals surface area contributed by atoms with Crippen LogP contribution in [0.3, 0.4) is 0 Å². The molecule has 0 saturated carbocycles. The number of aromatic hydroxyl groups is 2. The highest BCUT2D eigenvalue weighted by atomic mass is 35.5. The van der Waals surface area contributed by atoms with Crippen LogP contribution in [0, 0.1) is 0 Å². The van der Waals surface area contributed by atoms with E-state index in [-0.39, 0.29) is 35.1 Å². The van der Waals surface area contributed by atoms with Crippen molar-refractivity contribution in [3.8, 4) is 11.5 Å². The summed E-state index contributed by atoms with van der Waals surface area (Å²) in [5, 5.41) is 18.7. The molecule has 1 unspecified atom stereocenters. The SMILES string of the molecule is CC(Cl)c1ccc(C(=O)N(C)Cc2ccc(O)cc2O)o1. The monoisotopic (exact) mass is 309 g/mol. The Morgan fingerprint density at radius 3 is 2.62 bits per heavy atom. The predicted octanol–water partition coefficient (Wildman–Crippen LogP) is 3.26. The smallest absolute Gasteiger partial charge is 0.289 e. The minimum absolute atomic E-state index is 0.0305. The van der Waals surface area contributed by atoms with Gasteiger partial charge in [-0.3, -0.25) is 4.79 Å². The summed E-state index contributed by atoms with van der Waals surface area (Å²) in [6.45, 7) is 1.95. The second kappa shape index (κ2) is 6.10. The molecule has 0 aliphatic rings.